The molecule has 0 saturated carbocycles. The first-order valence-corrected chi connectivity index (χ1v) is 6.99. The summed E-state index contributed by atoms with van der Waals surface area (Å²) in [5.74, 6) is 1.66. The molecule has 0 bridgehead atoms. The predicted molar refractivity (Wildman–Crippen MR) is 78.8 cm³/mol. The summed E-state index contributed by atoms with van der Waals surface area (Å²) >= 11 is 0. The van der Waals surface area contributed by atoms with E-state index >= 15 is 0 Å². The maximum Gasteiger partial charge on any atom is 0.162 e. The van der Waals surface area contributed by atoms with E-state index in [4.69, 9.17) is 9.47 Å². The van der Waals surface area contributed by atoms with E-state index in [0.717, 1.165) is 30.2 Å². The number of fused-ring (bicyclic) bond motifs is 1. The first-order chi connectivity index (χ1) is 8.97. The Labute approximate surface area is 115 Å². The molecule has 0 amide bonds. The van der Waals surface area contributed by atoms with Gasteiger partial charge in [0.25, 0.3) is 0 Å². The van der Waals surface area contributed by atoms with Gasteiger partial charge < -0.3 is 9.47 Å². The molecule has 1 aromatic rings. The summed E-state index contributed by atoms with van der Waals surface area (Å²) < 4.78 is 11.8. The average Bonchev–Trinajstić information content (AvgIpc) is 2.29. The average molecular weight is 261 g/mol. The molecule has 0 radical (unpaired) electrons. The van der Waals surface area contributed by atoms with Gasteiger partial charge in [-0.2, -0.15) is 0 Å². The Hall–Kier alpha value is -1.51. The number of nitrogens with zero attached hydrogens (tertiary/aromatic N) is 1. The number of aliphatic imine (C=N–C) groups is 1. The van der Waals surface area contributed by atoms with Gasteiger partial charge in [-0.25, -0.2) is 0 Å². The lowest BCUT2D eigenvalue weighted by atomic mass is 9.97. The summed E-state index contributed by atoms with van der Waals surface area (Å²) in [6.07, 6.45) is 1.25. The lowest BCUT2D eigenvalue weighted by Crippen LogP contribution is -2.15. The molecule has 2 rings (SSSR count). The Morgan fingerprint density at radius 1 is 1.00 bits per heavy atom. The van der Waals surface area contributed by atoms with Crippen molar-refractivity contribution in [2.45, 2.75) is 53.2 Å². The third kappa shape index (κ3) is 3.28. The fourth-order valence-corrected chi connectivity index (χ4v) is 2.27. The van der Waals surface area contributed by atoms with E-state index in [-0.39, 0.29) is 12.2 Å². The van der Waals surface area contributed by atoms with Crippen LogP contribution in [0.25, 0.3) is 0 Å². The van der Waals surface area contributed by atoms with Gasteiger partial charge in [0.1, 0.15) is 0 Å². The van der Waals surface area contributed by atoms with Crippen molar-refractivity contribution in [3.63, 3.8) is 0 Å². The fourth-order valence-electron chi connectivity index (χ4n) is 2.27. The van der Waals surface area contributed by atoms with Gasteiger partial charge in [0.15, 0.2) is 11.5 Å². The summed E-state index contributed by atoms with van der Waals surface area (Å²) in [6, 6.07) is 4.19. The standard InChI is InChI=1S/C16H23NO2/c1-10(2)18-15-8-13-6-7-17-12(5)14(13)9-16(15)19-11(3)4/h8-11H,6-7H2,1-5H3. The summed E-state index contributed by atoms with van der Waals surface area (Å²) in [5.41, 5.74) is 3.59. The molecule has 0 N–H and O–H groups in total. The van der Waals surface area contributed by atoms with Crippen LogP contribution in [-0.4, -0.2) is 24.5 Å². The van der Waals surface area contributed by atoms with Crippen molar-refractivity contribution >= 4 is 5.71 Å². The van der Waals surface area contributed by atoms with E-state index in [0.29, 0.717) is 0 Å². The first kappa shape index (κ1) is 13.9. The fraction of sp³-hybridized carbons (Fsp3) is 0.562. The van der Waals surface area contributed by atoms with Gasteiger partial charge >= 0.3 is 0 Å². The number of hydrogen-bond acceptors (Lipinski definition) is 3. The second-order valence-electron chi connectivity index (χ2n) is 5.51. The normalized spacial score (nSPS) is 14.4. The minimum atomic E-state index is 0.133. The van der Waals surface area contributed by atoms with Crippen LogP contribution >= 0.6 is 0 Å². The molecule has 0 saturated heterocycles. The molecule has 1 aromatic carbocycles. The highest BCUT2D eigenvalue weighted by Crippen LogP contribution is 2.34. The maximum absolute atomic E-state index is 5.88. The van der Waals surface area contributed by atoms with Crippen LogP contribution in [0.3, 0.4) is 0 Å². The topological polar surface area (TPSA) is 30.8 Å². The van der Waals surface area contributed by atoms with Crippen LogP contribution in [0.2, 0.25) is 0 Å². The molecule has 1 aliphatic heterocycles. The lowest BCUT2D eigenvalue weighted by Gasteiger charge is -2.22. The second-order valence-corrected chi connectivity index (χ2v) is 5.51. The number of hydrogen-bond donors (Lipinski definition) is 0. The van der Waals surface area contributed by atoms with Gasteiger partial charge in [-0.3, -0.25) is 4.99 Å². The molecule has 0 aromatic heterocycles. The molecular weight excluding hydrogens is 238 g/mol. The summed E-state index contributed by atoms with van der Waals surface area (Å²) in [7, 11) is 0. The summed E-state index contributed by atoms with van der Waals surface area (Å²) in [4.78, 5) is 4.50. The Kier molecular flexibility index (Phi) is 4.13. The Morgan fingerprint density at radius 3 is 2.16 bits per heavy atom. The van der Waals surface area contributed by atoms with Crippen molar-refractivity contribution in [2.75, 3.05) is 6.54 Å². The molecule has 0 fully saturated rings. The third-order valence-electron chi connectivity index (χ3n) is 3.01. The minimum Gasteiger partial charge on any atom is -0.487 e. The Morgan fingerprint density at radius 2 is 1.58 bits per heavy atom. The Balaban J connectivity index is 2.44. The van der Waals surface area contributed by atoms with E-state index in [2.05, 4.69) is 24.0 Å². The third-order valence-corrected chi connectivity index (χ3v) is 3.01. The van der Waals surface area contributed by atoms with Crippen molar-refractivity contribution in [1.82, 2.24) is 0 Å². The van der Waals surface area contributed by atoms with Crippen molar-refractivity contribution in [3.05, 3.63) is 23.3 Å². The quantitative estimate of drug-likeness (QED) is 0.828. The monoisotopic (exact) mass is 261 g/mol. The zero-order valence-corrected chi connectivity index (χ0v) is 12.5. The van der Waals surface area contributed by atoms with Gasteiger partial charge in [0, 0.05) is 17.8 Å². The molecule has 0 spiro atoms. The van der Waals surface area contributed by atoms with Crippen LogP contribution < -0.4 is 9.47 Å². The van der Waals surface area contributed by atoms with Crippen molar-refractivity contribution in [1.29, 1.82) is 0 Å². The molecule has 19 heavy (non-hydrogen) atoms. The largest absolute Gasteiger partial charge is 0.487 e. The molecule has 3 heteroatoms. The van der Waals surface area contributed by atoms with Crippen LogP contribution in [-0.2, 0) is 6.42 Å². The van der Waals surface area contributed by atoms with Crippen molar-refractivity contribution in [2.24, 2.45) is 4.99 Å². The highest BCUT2D eigenvalue weighted by molar-refractivity contribution is 6.01. The number of benzene rings is 1. The van der Waals surface area contributed by atoms with Crippen LogP contribution in [0.5, 0.6) is 11.5 Å². The van der Waals surface area contributed by atoms with Crippen LogP contribution in [0.1, 0.15) is 45.7 Å². The highest BCUT2D eigenvalue weighted by atomic mass is 16.5. The minimum absolute atomic E-state index is 0.133. The summed E-state index contributed by atoms with van der Waals surface area (Å²) in [5, 5.41) is 0. The van der Waals surface area contributed by atoms with Crippen LogP contribution in [0.4, 0.5) is 0 Å². The van der Waals surface area contributed by atoms with Crippen LogP contribution in [0.15, 0.2) is 17.1 Å². The first-order valence-electron chi connectivity index (χ1n) is 6.99. The van der Waals surface area contributed by atoms with Gasteiger partial charge in [-0.05, 0) is 58.7 Å². The zero-order chi connectivity index (χ0) is 14.0. The highest BCUT2D eigenvalue weighted by Gasteiger charge is 2.17. The van der Waals surface area contributed by atoms with E-state index < -0.39 is 0 Å². The maximum atomic E-state index is 5.88. The molecule has 104 valence electrons. The van der Waals surface area contributed by atoms with E-state index in [9.17, 15) is 0 Å². The lowest BCUT2D eigenvalue weighted by molar-refractivity contribution is 0.198. The molecular formula is C16H23NO2. The SMILES string of the molecule is CC1=NCCc2cc(OC(C)C)c(OC(C)C)cc21. The molecule has 0 aliphatic carbocycles. The zero-order valence-electron chi connectivity index (χ0n) is 12.5. The van der Waals surface area contributed by atoms with E-state index in [1.807, 2.05) is 27.7 Å². The Bertz CT molecular complexity index is 490. The summed E-state index contributed by atoms with van der Waals surface area (Å²) in [6.45, 7) is 11.0. The van der Waals surface area contributed by atoms with Gasteiger partial charge in [0.2, 0.25) is 0 Å². The van der Waals surface area contributed by atoms with Crippen molar-refractivity contribution < 1.29 is 9.47 Å². The molecule has 3 nitrogen and oxygen atoms in total. The van der Waals surface area contributed by atoms with E-state index in [1.165, 1.54) is 11.1 Å². The van der Waals surface area contributed by atoms with Gasteiger partial charge in [0.05, 0.1) is 12.2 Å². The van der Waals surface area contributed by atoms with E-state index in [1.54, 1.807) is 0 Å². The van der Waals surface area contributed by atoms with Gasteiger partial charge in [-0.1, -0.05) is 0 Å². The number of ether oxygens (including phenoxy) is 2. The van der Waals surface area contributed by atoms with Crippen LogP contribution in [0, 0.1) is 0 Å². The van der Waals surface area contributed by atoms with Gasteiger partial charge in [-0.15, -0.1) is 0 Å². The molecule has 1 aliphatic rings. The smallest absolute Gasteiger partial charge is 0.162 e. The predicted octanol–water partition coefficient (Wildman–Crippen LogP) is 3.63. The molecule has 1 heterocycles. The number of rotatable bonds is 4. The molecule has 0 atom stereocenters. The molecule has 0 unspecified atom stereocenters. The van der Waals surface area contributed by atoms with Crippen molar-refractivity contribution in [3.8, 4) is 11.5 Å². The second kappa shape index (κ2) is 5.64.